The van der Waals surface area contributed by atoms with E-state index in [1.165, 1.54) is 24.3 Å². The lowest BCUT2D eigenvalue weighted by molar-refractivity contribution is -0.161. The van der Waals surface area contributed by atoms with Gasteiger partial charge in [0.1, 0.15) is 5.92 Å². The highest BCUT2D eigenvalue weighted by molar-refractivity contribution is 6.07. The van der Waals surface area contributed by atoms with Gasteiger partial charge in [-0.3, -0.25) is 9.59 Å². The summed E-state index contributed by atoms with van der Waals surface area (Å²) in [5, 5.41) is 101. The molecular weight excluding hydrogens is 672 g/mol. The van der Waals surface area contributed by atoms with Crippen LogP contribution in [0, 0.1) is 5.92 Å². The number of ether oxygens (including phenoxy) is 1. The number of phenols is 8. The van der Waals surface area contributed by atoms with Crippen molar-refractivity contribution >= 4 is 29.8 Å². The van der Waals surface area contributed by atoms with Crippen LogP contribution >= 0.6 is 0 Å². The van der Waals surface area contributed by atoms with Gasteiger partial charge in [0.05, 0.1) is 5.92 Å². The van der Waals surface area contributed by atoms with Gasteiger partial charge in [-0.15, -0.1) is 0 Å². The number of carboxylic acids is 2. The summed E-state index contributed by atoms with van der Waals surface area (Å²) in [6.07, 6.45) is -1.84. The van der Waals surface area contributed by atoms with Gasteiger partial charge >= 0.3 is 17.9 Å². The Bertz CT molecular complexity index is 2100. The summed E-state index contributed by atoms with van der Waals surface area (Å²) in [6.45, 7) is 0. The molecule has 0 saturated heterocycles. The summed E-state index contributed by atoms with van der Waals surface area (Å²) in [7, 11) is 0. The van der Waals surface area contributed by atoms with Crippen LogP contribution in [0.4, 0.5) is 0 Å². The third kappa shape index (κ3) is 7.12. The Balaban J connectivity index is 1.66. The van der Waals surface area contributed by atoms with E-state index in [-0.39, 0.29) is 27.8 Å². The molecule has 1 aliphatic rings. The Labute approximate surface area is 287 Å². The second-order valence-corrected chi connectivity index (χ2v) is 11.8. The number of hydrogen-bond donors (Lipinski definition) is 10. The summed E-state index contributed by atoms with van der Waals surface area (Å²) in [4.78, 5) is 53.5. The fourth-order valence-electron chi connectivity index (χ4n) is 6.01. The molecule has 0 aromatic heterocycles. The third-order valence-corrected chi connectivity index (χ3v) is 8.53. The first-order valence-electron chi connectivity index (χ1n) is 15.1. The van der Waals surface area contributed by atoms with Crippen LogP contribution in [0.15, 0.2) is 72.3 Å². The minimum Gasteiger partial charge on any atom is -0.504 e. The highest BCUT2D eigenvalue weighted by Crippen LogP contribution is 2.52. The number of phenolic OH excluding ortho intramolecular Hbond substituents is 8. The normalized spacial score (nSPS) is 16.3. The van der Waals surface area contributed by atoms with E-state index < -0.39 is 112 Å². The van der Waals surface area contributed by atoms with E-state index in [0.717, 1.165) is 48.5 Å². The number of hydrogen-bond acceptors (Lipinski definition) is 13. The van der Waals surface area contributed by atoms with Gasteiger partial charge in [0.2, 0.25) is 6.10 Å². The Kier molecular flexibility index (Phi) is 9.66. The minimum atomic E-state index is -1.95. The highest BCUT2D eigenvalue weighted by atomic mass is 16.6. The molecule has 15 nitrogen and oxygen atoms in total. The fraction of sp³-hybridized carbons (Fsp3) is 0.167. The first-order valence-corrected chi connectivity index (χ1v) is 15.1. The second kappa shape index (κ2) is 13.9. The lowest BCUT2D eigenvalue weighted by atomic mass is 9.67. The zero-order chi connectivity index (χ0) is 37.3. The maximum Gasteiger partial charge on any atom is 0.345 e. The van der Waals surface area contributed by atoms with Gasteiger partial charge in [0.25, 0.3) is 0 Å². The average molecular weight is 703 g/mol. The molecule has 5 rings (SSSR count). The van der Waals surface area contributed by atoms with Crippen molar-refractivity contribution in [3.8, 4) is 46.0 Å². The fourth-order valence-corrected chi connectivity index (χ4v) is 6.01. The molecule has 4 aromatic rings. The van der Waals surface area contributed by atoms with E-state index in [1.807, 2.05) is 0 Å². The number of fused-ring (bicyclic) bond motifs is 1. The molecule has 1 aliphatic carbocycles. The number of carbonyl (C=O) groups excluding carboxylic acids is 2. The molecule has 10 N–H and O–H groups in total. The van der Waals surface area contributed by atoms with Crippen molar-refractivity contribution in [2.24, 2.45) is 5.92 Å². The van der Waals surface area contributed by atoms with Crippen LogP contribution in [-0.2, 0) is 36.8 Å². The predicted molar refractivity (Wildman–Crippen MR) is 174 cm³/mol. The van der Waals surface area contributed by atoms with Crippen molar-refractivity contribution in [1.82, 2.24) is 0 Å². The molecule has 0 saturated carbocycles. The topological polar surface area (TPSA) is 280 Å². The number of esters is 1. The van der Waals surface area contributed by atoms with Crippen molar-refractivity contribution in [1.29, 1.82) is 0 Å². The number of aliphatic carboxylic acids is 2. The Morgan fingerprint density at radius 3 is 1.67 bits per heavy atom. The molecule has 0 aliphatic heterocycles. The first kappa shape index (κ1) is 35.4. The summed E-state index contributed by atoms with van der Waals surface area (Å²) in [5.74, 6) is -16.2. The largest absolute Gasteiger partial charge is 0.504 e. The van der Waals surface area contributed by atoms with Gasteiger partial charge in [0.15, 0.2) is 51.8 Å². The zero-order valence-corrected chi connectivity index (χ0v) is 26.2. The maximum atomic E-state index is 14.5. The minimum absolute atomic E-state index is 0.0587. The van der Waals surface area contributed by atoms with Crippen LogP contribution in [0.1, 0.15) is 39.7 Å². The lowest BCUT2D eigenvalue weighted by Gasteiger charge is -2.35. The van der Waals surface area contributed by atoms with Gasteiger partial charge in [-0.05, 0) is 77.2 Å². The molecule has 0 heterocycles. The number of ketones is 1. The number of benzene rings is 4. The quantitative estimate of drug-likeness (QED) is 0.0609. The van der Waals surface area contributed by atoms with Gasteiger partial charge in [-0.25, -0.2) is 9.59 Å². The van der Waals surface area contributed by atoms with Crippen LogP contribution in [-0.4, -0.2) is 80.9 Å². The van der Waals surface area contributed by atoms with Crippen molar-refractivity contribution in [3.63, 3.8) is 0 Å². The van der Waals surface area contributed by atoms with Gasteiger partial charge in [-0.1, -0.05) is 24.3 Å². The molecule has 0 bridgehead atoms. The van der Waals surface area contributed by atoms with E-state index in [9.17, 15) is 70.2 Å². The van der Waals surface area contributed by atoms with Crippen LogP contribution in [0.2, 0.25) is 0 Å². The standard InChI is InChI=1S/C36H30O15/c37-21-5-1-15(10-25(21)41)9-20(34(46)47)32(44)31-29(18-3-7-23(39)27(43)14-18)19(13-17-4-8-24(40)33(45)30(17)31)36(50)51-28(35(48)49)12-16-2-6-22(38)26(42)11-16/h1-8,10-11,13-14,20,28-29,31,37-43,45H,9,12H2,(H,46,47)(H,48,49). The van der Waals surface area contributed by atoms with Gasteiger partial charge < -0.3 is 55.8 Å². The molecule has 264 valence electrons. The predicted octanol–water partition coefficient (Wildman–Crippen LogP) is 3.35. The molecule has 0 radical (unpaired) electrons. The molecule has 4 atom stereocenters. The first-order chi connectivity index (χ1) is 24.1. The Morgan fingerprint density at radius 2 is 1.14 bits per heavy atom. The Hall–Kier alpha value is -6.90. The average Bonchev–Trinajstić information content (AvgIpc) is 3.08. The van der Waals surface area contributed by atoms with E-state index >= 15 is 0 Å². The summed E-state index contributed by atoms with van der Waals surface area (Å²) < 4.78 is 5.40. The molecule has 51 heavy (non-hydrogen) atoms. The zero-order valence-electron chi connectivity index (χ0n) is 26.2. The number of rotatable bonds is 11. The van der Waals surface area contributed by atoms with Crippen molar-refractivity contribution in [2.75, 3.05) is 0 Å². The molecule has 4 aromatic carbocycles. The maximum absolute atomic E-state index is 14.5. The van der Waals surface area contributed by atoms with Crippen molar-refractivity contribution in [3.05, 3.63) is 100 Å². The van der Waals surface area contributed by atoms with Crippen molar-refractivity contribution in [2.45, 2.75) is 30.8 Å². The Morgan fingerprint density at radius 1 is 0.608 bits per heavy atom. The number of Topliss-reactive ketones (excluding diaryl/α,β-unsaturated/α-hetero) is 1. The number of aromatic hydroxyl groups is 8. The van der Waals surface area contributed by atoms with E-state index in [2.05, 4.69) is 0 Å². The summed E-state index contributed by atoms with van der Waals surface area (Å²) in [5.41, 5.74) is -0.670. The molecule has 0 amide bonds. The molecule has 0 fully saturated rings. The van der Waals surface area contributed by atoms with E-state index in [4.69, 9.17) is 4.74 Å². The smallest absolute Gasteiger partial charge is 0.345 e. The third-order valence-electron chi connectivity index (χ3n) is 8.53. The van der Waals surface area contributed by atoms with Crippen LogP contribution in [0.3, 0.4) is 0 Å². The summed E-state index contributed by atoms with van der Waals surface area (Å²) >= 11 is 0. The monoisotopic (exact) mass is 702 g/mol. The van der Waals surface area contributed by atoms with E-state index in [1.54, 1.807) is 0 Å². The number of carbonyl (C=O) groups is 4. The van der Waals surface area contributed by atoms with Gasteiger partial charge in [-0.2, -0.15) is 0 Å². The molecular formula is C36H30O15. The molecule has 15 heteroatoms. The van der Waals surface area contributed by atoms with Crippen LogP contribution in [0.5, 0.6) is 46.0 Å². The SMILES string of the molecule is O=C(OC(Cc1ccc(O)c(O)c1)C(=O)O)C1=Cc2ccc(O)c(O)c2C(C(=O)C(Cc2ccc(O)c(O)c2)C(=O)O)C1c1ccc(O)c(O)c1. The molecule has 4 unspecified atom stereocenters. The summed E-state index contributed by atoms with van der Waals surface area (Å²) in [6, 6.07) is 12.2. The highest BCUT2D eigenvalue weighted by Gasteiger charge is 2.47. The van der Waals surface area contributed by atoms with Crippen molar-refractivity contribution < 1.29 is 75.0 Å². The van der Waals surface area contributed by atoms with Crippen LogP contribution < -0.4 is 0 Å². The lowest BCUT2D eigenvalue weighted by Crippen LogP contribution is -2.37. The second-order valence-electron chi connectivity index (χ2n) is 11.8. The number of carboxylic acid groups (broad SMARTS) is 2. The molecule has 0 spiro atoms. The van der Waals surface area contributed by atoms with Gasteiger partial charge in [0, 0.05) is 23.5 Å². The van der Waals surface area contributed by atoms with Crippen LogP contribution in [0.25, 0.3) is 6.08 Å². The van der Waals surface area contributed by atoms with E-state index in [0.29, 0.717) is 0 Å².